The highest BCUT2D eigenvalue weighted by molar-refractivity contribution is 6.35. The second-order valence-electron chi connectivity index (χ2n) is 7.31. The Bertz CT molecular complexity index is 1420. The van der Waals surface area contributed by atoms with Gasteiger partial charge in [0.2, 0.25) is 0 Å². The van der Waals surface area contributed by atoms with E-state index in [1.54, 1.807) is 31.2 Å². The van der Waals surface area contributed by atoms with Crippen molar-refractivity contribution in [1.82, 2.24) is 15.0 Å². The second-order valence-corrected chi connectivity index (χ2v) is 7.72. The molecule has 0 radical (unpaired) electrons. The number of carbonyl (C=O) groups is 2. The first-order valence-electron chi connectivity index (χ1n) is 9.95. The number of ketones is 1. The van der Waals surface area contributed by atoms with Crippen molar-refractivity contribution in [2.45, 2.75) is 6.92 Å². The number of ether oxygens (including phenoxy) is 1. The Kier molecular flexibility index (Phi) is 6.38. The lowest BCUT2D eigenvalue weighted by Crippen LogP contribution is -2.07. The summed E-state index contributed by atoms with van der Waals surface area (Å²) in [5, 5.41) is 10.6. The molecule has 34 heavy (non-hydrogen) atoms. The number of nitrogens with one attached hydrogen (secondary N) is 1. The number of hydrogen-bond acceptors (Lipinski definition) is 6. The molecule has 4 aromatic rings. The van der Waals surface area contributed by atoms with Crippen molar-refractivity contribution in [3.8, 4) is 5.69 Å². The molecule has 0 aliphatic rings. The first-order chi connectivity index (χ1) is 16.3. The van der Waals surface area contributed by atoms with E-state index < -0.39 is 17.6 Å². The third-order valence-electron chi connectivity index (χ3n) is 5.04. The summed E-state index contributed by atoms with van der Waals surface area (Å²) in [5.74, 6) is -2.41. The molecule has 7 nitrogen and oxygen atoms in total. The quantitative estimate of drug-likeness (QED) is 0.298. The summed E-state index contributed by atoms with van der Waals surface area (Å²) in [6.45, 7) is 1.78. The van der Waals surface area contributed by atoms with E-state index in [-0.39, 0.29) is 27.8 Å². The number of halogens is 3. The van der Waals surface area contributed by atoms with Gasteiger partial charge in [-0.25, -0.2) is 18.3 Å². The van der Waals surface area contributed by atoms with Gasteiger partial charge in [-0.3, -0.25) is 4.79 Å². The molecule has 1 N–H and O–H groups in total. The molecule has 1 aromatic heterocycles. The van der Waals surface area contributed by atoms with Crippen LogP contribution in [-0.2, 0) is 4.74 Å². The highest BCUT2D eigenvalue weighted by Gasteiger charge is 2.18. The van der Waals surface area contributed by atoms with Crippen LogP contribution in [0.15, 0.2) is 60.8 Å². The molecule has 1 heterocycles. The Morgan fingerprint density at radius 1 is 1.03 bits per heavy atom. The van der Waals surface area contributed by atoms with E-state index in [9.17, 15) is 18.4 Å². The van der Waals surface area contributed by atoms with Crippen molar-refractivity contribution in [3.05, 3.63) is 99.8 Å². The molecule has 0 fully saturated rings. The largest absolute Gasteiger partial charge is 0.464 e. The number of benzene rings is 3. The summed E-state index contributed by atoms with van der Waals surface area (Å²) in [6, 6.07) is 12.8. The third kappa shape index (κ3) is 4.65. The van der Waals surface area contributed by atoms with E-state index in [0.29, 0.717) is 22.5 Å². The van der Waals surface area contributed by atoms with Crippen LogP contribution < -0.4 is 5.32 Å². The molecule has 0 aliphatic carbocycles. The zero-order chi connectivity index (χ0) is 24.4. The average molecular weight is 483 g/mol. The Hall–Kier alpha value is -4.11. The minimum absolute atomic E-state index is 0.0275. The number of esters is 1. The molecule has 0 atom stereocenters. The van der Waals surface area contributed by atoms with E-state index in [0.717, 1.165) is 12.1 Å². The van der Waals surface area contributed by atoms with Crippen LogP contribution in [0, 0.1) is 18.6 Å². The highest BCUT2D eigenvalue weighted by atomic mass is 35.5. The van der Waals surface area contributed by atoms with Gasteiger partial charge >= 0.3 is 5.97 Å². The smallest absolute Gasteiger partial charge is 0.360 e. The van der Waals surface area contributed by atoms with Crippen molar-refractivity contribution >= 4 is 34.7 Å². The minimum atomic E-state index is -0.757. The van der Waals surface area contributed by atoms with Crippen LogP contribution in [-0.4, -0.2) is 33.9 Å². The van der Waals surface area contributed by atoms with Gasteiger partial charge in [0.25, 0.3) is 0 Å². The lowest BCUT2D eigenvalue weighted by molar-refractivity contribution is 0.0593. The van der Waals surface area contributed by atoms with E-state index >= 15 is 0 Å². The van der Waals surface area contributed by atoms with E-state index in [2.05, 4.69) is 20.4 Å². The number of aromatic nitrogens is 3. The summed E-state index contributed by atoms with van der Waals surface area (Å²) in [5.41, 5.74) is 2.35. The zero-order valence-corrected chi connectivity index (χ0v) is 18.7. The summed E-state index contributed by atoms with van der Waals surface area (Å²) in [7, 11) is 1.24. The first-order valence-corrected chi connectivity index (χ1v) is 10.3. The Morgan fingerprint density at radius 3 is 2.53 bits per heavy atom. The van der Waals surface area contributed by atoms with E-state index in [4.69, 9.17) is 11.6 Å². The van der Waals surface area contributed by atoms with Gasteiger partial charge in [-0.05, 0) is 55.0 Å². The number of methoxy groups -OCH3 is 1. The normalized spacial score (nSPS) is 10.7. The van der Waals surface area contributed by atoms with Crippen LogP contribution >= 0.6 is 11.6 Å². The molecule has 10 heteroatoms. The molecular weight excluding hydrogens is 466 g/mol. The van der Waals surface area contributed by atoms with E-state index in [1.807, 2.05) is 0 Å². The van der Waals surface area contributed by atoms with Crippen molar-refractivity contribution in [3.63, 3.8) is 0 Å². The molecule has 0 unspecified atom stereocenters. The number of hydrogen-bond donors (Lipinski definition) is 1. The topological polar surface area (TPSA) is 86.1 Å². The number of carbonyl (C=O) groups excluding carboxylic acids is 2. The monoisotopic (exact) mass is 482 g/mol. The van der Waals surface area contributed by atoms with Crippen LogP contribution in [0.5, 0.6) is 0 Å². The molecule has 0 aliphatic heterocycles. The minimum Gasteiger partial charge on any atom is -0.464 e. The Morgan fingerprint density at radius 2 is 1.82 bits per heavy atom. The maximum atomic E-state index is 13.9. The summed E-state index contributed by atoms with van der Waals surface area (Å²) in [4.78, 5) is 24.9. The Labute approximate surface area is 197 Å². The predicted octanol–water partition coefficient (Wildman–Crippen LogP) is 5.27. The number of anilines is 2. The lowest BCUT2D eigenvalue weighted by atomic mass is 9.98. The van der Waals surface area contributed by atoms with Crippen molar-refractivity contribution in [2.75, 3.05) is 12.4 Å². The van der Waals surface area contributed by atoms with Crippen LogP contribution in [0.2, 0.25) is 5.02 Å². The van der Waals surface area contributed by atoms with Gasteiger partial charge < -0.3 is 10.1 Å². The van der Waals surface area contributed by atoms with Gasteiger partial charge in [0, 0.05) is 22.9 Å². The first kappa shape index (κ1) is 23.1. The summed E-state index contributed by atoms with van der Waals surface area (Å²) >= 11 is 6.38. The van der Waals surface area contributed by atoms with Crippen LogP contribution in [0.3, 0.4) is 0 Å². The van der Waals surface area contributed by atoms with Gasteiger partial charge in [-0.1, -0.05) is 22.9 Å². The third-order valence-corrected chi connectivity index (χ3v) is 5.35. The molecule has 0 bridgehead atoms. The van der Waals surface area contributed by atoms with Gasteiger partial charge in [0.1, 0.15) is 11.6 Å². The van der Waals surface area contributed by atoms with Gasteiger partial charge in [0.15, 0.2) is 11.5 Å². The van der Waals surface area contributed by atoms with Crippen LogP contribution in [0.1, 0.15) is 32.0 Å². The molecule has 172 valence electrons. The van der Waals surface area contributed by atoms with Gasteiger partial charge in [-0.15, -0.1) is 5.10 Å². The predicted molar refractivity (Wildman–Crippen MR) is 122 cm³/mol. The Balaban J connectivity index is 1.62. The van der Waals surface area contributed by atoms with Crippen molar-refractivity contribution < 1.29 is 23.1 Å². The van der Waals surface area contributed by atoms with Gasteiger partial charge in [0.05, 0.1) is 29.7 Å². The van der Waals surface area contributed by atoms with Crippen LogP contribution in [0.4, 0.5) is 20.2 Å². The molecule has 0 saturated carbocycles. The lowest BCUT2D eigenvalue weighted by Gasteiger charge is -2.12. The maximum Gasteiger partial charge on any atom is 0.360 e. The van der Waals surface area contributed by atoms with Crippen LogP contribution in [0.25, 0.3) is 5.69 Å². The molecule has 0 saturated heterocycles. The van der Waals surface area contributed by atoms with Gasteiger partial charge in [-0.2, -0.15) is 0 Å². The number of aryl methyl sites for hydroxylation is 1. The zero-order valence-electron chi connectivity index (χ0n) is 18.0. The summed E-state index contributed by atoms with van der Waals surface area (Å²) < 4.78 is 33.0. The fourth-order valence-electron chi connectivity index (χ4n) is 3.25. The van der Waals surface area contributed by atoms with E-state index in [1.165, 1.54) is 36.2 Å². The van der Waals surface area contributed by atoms with Crippen molar-refractivity contribution in [2.24, 2.45) is 0 Å². The fourth-order valence-corrected chi connectivity index (χ4v) is 3.52. The molecule has 0 amide bonds. The molecule has 3 aromatic carbocycles. The molecule has 0 spiro atoms. The molecule has 4 rings (SSSR count). The average Bonchev–Trinajstić information content (AvgIpc) is 3.31. The number of nitrogens with zero attached hydrogens (tertiary/aromatic N) is 3. The fraction of sp³-hybridized carbons (Fsp3) is 0.0833. The maximum absolute atomic E-state index is 13.9. The number of rotatable bonds is 6. The standard InChI is InChI=1S/C24H17ClF2N4O3/c1-13-3-6-16(31-12-22(29-30-31)24(33)34-2)11-18(13)23(32)17-7-5-15(10-19(17)25)28-21-8-4-14(26)9-20(21)27/h3-12,28H,1-2H3. The second kappa shape index (κ2) is 9.40. The summed E-state index contributed by atoms with van der Waals surface area (Å²) in [6.07, 6.45) is 1.40. The highest BCUT2D eigenvalue weighted by Crippen LogP contribution is 2.28. The molecular formula is C24H17ClF2N4O3. The van der Waals surface area contributed by atoms with Crippen molar-refractivity contribution in [1.29, 1.82) is 0 Å². The SMILES string of the molecule is COC(=O)c1cn(-c2ccc(C)c(C(=O)c3ccc(Nc4ccc(F)cc4F)cc3Cl)c2)nn1.